The van der Waals surface area contributed by atoms with Gasteiger partial charge in [0, 0.05) is 6.54 Å². The molecule has 3 aromatic carbocycles. The predicted molar refractivity (Wildman–Crippen MR) is 144 cm³/mol. The number of rotatable bonds is 9. The van der Waals surface area contributed by atoms with Crippen LogP contribution in [-0.4, -0.2) is 38.9 Å². The summed E-state index contributed by atoms with van der Waals surface area (Å²) in [5.74, 6) is 0.439. The molecule has 8 heteroatoms. The summed E-state index contributed by atoms with van der Waals surface area (Å²) < 4.78 is 1.97. The highest BCUT2D eigenvalue weighted by molar-refractivity contribution is 7.99. The van der Waals surface area contributed by atoms with Crippen LogP contribution in [0.25, 0.3) is 5.69 Å². The zero-order valence-corrected chi connectivity index (χ0v) is 21.4. The van der Waals surface area contributed by atoms with Crippen LogP contribution in [0.15, 0.2) is 78.0 Å². The average Bonchev–Trinajstić information content (AvgIpc) is 3.25. The van der Waals surface area contributed by atoms with Gasteiger partial charge in [0.1, 0.15) is 5.82 Å². The number of anilines is 1. The van der Waals surface area contributed by atoms with Crippen LogP contribution in [0.5, 0.6) is 0 Å². The lowest BCUT2D eigenvalue weighted by molar-refractivity contribution is -0.113. The van der Waals surface area contributed by atoms with E-state index in [9.17, 15) is 9.59 Å². The van der Waals surface area contributed by atoms with Gasteiger partial charge in [0.15, 0.2) is 5.16 Å². The molecule has 36 heavy (non-hydrogen) atoms. The van der Waals surface area contributed by atoms with Gasteiger partial charge in [-0.05, 0) is 62.1 Å². The maximum atomic E-state index is 12.8. The van der Waals surface area contributed by atoms with Crippen molar-refractivity contribution < 1.29 is 9.59 Å². The lowest BCUT2D eigenvalue weighted by Crippen LogP contribution is -2.27. The number of nitrogens with zero attached hydrogens (tertiary/aromatic N) is 3. The summed E-state index contributed by atoms with van der Waals surface area (Å²) in [6.45, 7) is 6.48. The number of carbonyl (C=O) groups is 2. The molecule has 4 rings (SSSR count). The van der Waals surface area contributed by atoms with Crippen LogP contribution in [0.2, 0.25) is 0 Å². The second-order valence-electron chi connectivity index (χ2n) is 8.53. The molecule has 2 amide bonds. The summed E-state index contributed by atoms with van der Waals surface area (Å²) >= 11 is 1.31. The number of amides is 2. The summed E-state index contributed by atoms with van der Waals surface area (Å²) in [5.41, 5.74) is 5.29. The topological polar surface area (TPSA) is 88.9 Å². The number of aryl methyl sites for hydroxylation is 3. The Balaban J connectivity index is 1.39. The zero-order chi connectivity index (χ0) is 25.5. The molecule has 0 fully saturated rings. The molecule has 0 radical (unpaired) electrons. The van der Waals surface area contributed by atoms with E-state index in [1.807, 2.05) is 55.7 Å². The van der Waals surface area contributed by atoms with Crippen LogP contribution in [0, 0.1) is 20.8 Å². The van der Waals surface area contributed by atoms with Gasteiger partial charge in [-0.1, -0.05) is 66.4 Å². The summed E-state index contributed by atoms with van der Waals surface area (Å²) in [6.07, 6.45) is 0.734. The van der Waals surface area contributed by atoms with Crippen LogP contribution in [0.4, 0.5) is 5.69 Å². The third-order valence-electron chi connectivity index (χ3n) is 5.72. The van der Waals surface area contributed by atoms with Crippen molar-refractivity contribution in [3.05, 3.63) is 101 Å². The van der Waals surface area contributed by atoms with E-state index in [4.69, 9.17) is 0 Å². The van der Waals surface area contributed by atoms with E-state index in [0.717, 1.165) is 34.6 Å². The monoisotopic (exact) mass is 499 g/mol. The Kier molecular flexibility index (Phi) is 8.17. The molecule has 1 aromatic heterocycles. The second kappa shape index (κ2) is 11.7. The minimum atomic E-state index is -0.224. The number of carbonyl (C=O) groups excluding carboxylic acids is 2. The Labute approximate surface area is 215 Å². The van der Waals surface area contributed by atoms with Crippen molar-refractivity contribution in [2.45, 2.75) is 32.3 Å². The Morgan fingerprint density at radius 3 is 2.47 bits per heavy atom. The lowest BCUT2D eigenvalue weighted by atomic mass is 10.1. The molecule has 0 unspecified atom stereocenters. The average molecular weight is 500 g/mol. The second-order valence-corrected chi connectivity index (χ2v) is 9.47. The van der Waals surface area contributed by atoms with Crippen LogP contribution >= 0.6 is 11.8 Å². The smallest absolute Gasteiger partial charge is 0.253 e. The molecule has 0 spiro atoms. The minimum Gasteiger partial charge on any atom is -0.352 e. The maximum Gasteiger partial charge on any atom is 0.253 e. The van der Waals surface area contributed by atoms with Gasteiger partial charge < -0.3 is 10.6 Å². The first-order chi connectivity index (χ1) is 17.4. The normalized spacial score (nSPS) is 10.8. The largest absolute Gasteiger partial charge is 0.352 e. The molecule has 1 heterocycles. The molecule has 4 aromatic rings. The summed E-state index contributed by atoms with van der Waals surface area (Å²) in [5, 5.41) is 15.0. The molecule has 0 saturated heterocycles. The van der Waals surface area contributed by atoms with Gasteiger partial charge in [0.2, 0.25) is 5.91 Å². The maximum absolute atomic E-state index is 12.8. The van der Waals surface area contributed by atoms with Crippen LogP contribution < -0.4 is 10.6 Å². The van der Waals surface area contributed by atoms with Crippen LogP contribution in [0.3, 0.4) is 0 Å². The molecule has 0 aliphatic rings. The number of hydrogen-bond acceptors (Lipinski definition) is 5. The van der Waals surface area contributed by atoms with Crippen molar-refractivity contribution in [3.8, 4) is 5.69 Å². The molecule has 7 nitrogen and oxygen atoms in total. The van der Waals surface area contributed by atoms with Crippen molar-refractivity contribution in [1.29, 1.82) is 0 Å². The predicted octanol–water partition coefficient (Wildman–Crippen LogP) is 4.90. The Morgan fingerprint density at radius 2 is 1.67 bits per heavy atom. The molecular formula is C28H29N5O2S. The standard InChI is InChI=1S/C28H29N5O2S/c1-19-13-14-20(2)25(17-19)33-21(3)31-32-28(33)36-18-26(34)30-24-12-8-7-11-23(24)27(35)29-16-15-22-9-5-4-6-10-22/h4-14,17H,15-16,18H2,1-3H3,(H,29,35)(H,30,34). The van der Waals surface area contributed by atoms with Gasteiger partial charge >= 0.3 is 0 Å². The van der Waals surface area contributed by atoms with Gasteiger partial charge in [0.25, 0.3) is 5.91 Å². The molecule has 0 aliphatic heterocycles. The SMILES string of the molecule is Cc1ccc(C)c(-n2c(C)nnc2SCC(=O)Nc2ccccc2C(=O)NCCc2ccccc2)c1. The fraction of sp³-hybridized carbons (Fsp3) is 0.214. The van der Waals surface area contributed by atoms with E-state index in [0.29, 0.717) is 23.0 Å². The zero-order valence-electron chi connectivity index (χ0n) is 20.6. The van der Waals surface area contributed by atoms with Crippen molar-refractivity contribution in [2.75, 3.05) is 17.6 Å². The molecule has 0 saturated carbocycles. The number of hydrogen-bond donors (Lipinski definition) is 2. The number of nitrogens with one attached hydrogen (secondary N) is 2. The Hall–Kier alpha value is -3.91. The summed E-state index contributed by atoms with van der Waals surface area (Å²) in [7, 11) is 0. The van der Waals surface area contributed by atoms with Crippen molar-refractivity contribution in [1.82, 2.24) is 20.1 Å². The molecule has 0 aliphatic carbocycles. The van der Waals surface area contributed by atoms with E-state index >= 15 is 0 Å². The van der Waals surface area contributed by atoms with E-state index in [1.165, 1.54) is 11.8 Å². The first kappa shape index (κ1) is 25.2. The van der Waals surface area contributed by atoms with Gasteiger partial charge in [-0.2, -0.15) is 0 Å². The number of para-hydroxylation sites is 1. The number of benzene rings is 3. The van der Waals surface area contributed by atoms with E-state index in [-0.39, 0.29) is 17.6 Å². The van der Waals surface area contributed by atoms with Gasteiger partial charge in [-0.15, -0.1) is 10.2 Å². The van der Waals surface area contributed by atoms with Crippen LogP contribution in [-0.2, 0) is 11.2 Å². The van der Waals surface area contributed by atoms with E-state index in [1.54, 1.807) is 24.3 Å². The highest BCUT2D eigenvalue weighted by Gasteiger charge is 2.17. The third kappa shape index (κ3) is 6.20. The highest BCUT2D eigenvalue weighted by atomic mass is 32.2. The van der Waals surface area contributed by atoms with Crippen molar-refractivity contribution in [3.63, 3.8) is 0 Å². The lowest BCUT2D eigenvalue weighted by Gasteiger charge is -2.13. The van der Waals surface area contributed by atoms with E-state index in [2.05, 4.69) is 39.0 Å². The van der Waals surface area contributed by atoms with Gasteiger partial charge in [0.05, 0.1) is 22.7 Å². The molecular weight excluding hydrogens is 470 g/mol. The minimum absolute atomic E-state index is 0.132. The highest BCUT2D eigenvalue weighted by Crippen LogP contribution is 2.25. The molecule has 0 bridgehead atoms. The molecule has 2 N–H and O–H groups in total. The van der Waals surface area contributed by atoms with E-state index < -0.39 is 0 Å². The summed E-state index contributed by atoms with van der Waals surface area (Å²) in [4.78, 5) is 25.6. The van der Waals surface area contributed by atoms with Crippen molar-refractivity contribution >= 4 is 29.3 Å². The fourth-order valence-corrected chi connectivity index (χ4v) is 4.63. The van der Waals surface area contributed by atoms with Crippen LogP contribution in [0.1, 0.15) is 32.9 Å². The Bertz CT molecular complexity index is 1370. The quantitative estimate of drug-likeness (QED) is 0.320. The Morgan fingerprint density at radius 1 is 0.917 bits per heavy atom. The molecule has 184 valence electrons. The first-order valence-electron chi connectivity index (χ1n) is 11.8. The van der Waals surface area contributed by atoms with Gasteiger partial charge in [-0.3, -0.25) is 14.2 Å². The number of aromatic nitrogens is 3. The fourth-order valence-electron chi connectivity index (χ4n) is 3.84. The molecule has 0 atom stereocenters. The van der Waals surface area contributed by atoms with Gasteiger partial charge in [-0.25, -0.2) is 0 Å². The van der Waals surface area contributed by atoms with Crippen molar-refractivity contribution in [2.24, 2.45) is 0 Å². The summed E-state index contributed by atoms with van der Waals surface area (Å²) in [6, 6.07) is 23.2. The third-order valence-corrected chi connectivity index (χ3v) is 6.65. The number of thioether (sulfide) groups is 1. The first-order valence-corrected chi connectivity index (χ1v) is 12.7.